The summed E-state index contributed by atoms with van der Waals surface area (Å²) >= 11 is 0. The highest BCUT2D eigenvalue weighted by Gasteiger charge is 2.23. The summed E-state index contributed by atoms with van der Waals surface area (Å²) < 4.78 is 0. The van der Waals surface area contributed by atoms with Gasteiger partial charge in [-0.05, 0) is 24.5 Å². The molecule has 2 heterocycles. The van der Waals surface area contributed by atoms with Gasteiger partial charge < -0.3 is 9.88 Å². The van der Waals surface area contributed by atoms with Crippen LogP contribution in [0.25, 0.3) is 6.08 Å². The lowest BCUT2D eigenvalue weighted by Crippen LogP contribution is -2.36. The molecule has 0 aliphatic carbocycles. The van der Waals surface area contributed by atoms with Crippen molar-refractivity contribution in [2.24, 2.45) is 0 Å². The Balaban J connectivity index is 1.54. The normalized spacial score (nSPS) is 16.5. The lowest BCUT2D eigenvalue weighted by molar-refractivity contribution is -0.126. The van der Waals surface area contributed by atoms with Crippen LogP contribution in [0.2, 0.25) is 0 Å². The topological polar surface area (TPSA) is 49.0 Å². The van der Waals surface area contributed by atoms with E-state index in [9.17, 15) is 4.79 Å². The fraction of sp³-hybridized carbons (Fsp3) is 0.294. The number of aromatic nitrogens is 2. The maximum atomic E-state index is 12.2. The van der Waals surface area contributed by atoms with E-state index in [0.717, 1.165) is 31.5 Å². The van der Waals surface area contributed by atoms with E-state index >= 15 is 0 Å². The number of benzene rings is 1. The second-order valence-electron chi connectivity index (χ2n) is 5.35. The molecule has 0 unspecified atom stereocenters. The van der Waals surface area contributed by atoms with E-state index in [-0.39, 0.29) is 5.91 Å². The number of nitrogens with zero attached hydrogens (tertiary/aromatic N) is 2. The molecule has 1 aliphatic heterocycles. The van der Waals surface area contributed by atoms with Crippen molar-refractivity contribution < 1.29 is 4.79 Å². The predicted molar refractivity (Wildman–Crippen MR) is 82.6 cm³/mol. The molecule has 3 rings (SSSR count). The molecule has 0 radical (unpaired) electrons. The fourth-order valence-corrected chi connectivity index (χ4v) is 2.74. The van der Waals surface area contributed by atoms with Crippen LogP contribution < -0.4 is 0 Å². The van der Waals surface area contributed by atoms with Crippen molar-refractivity contribution in [1.29, 1.82) is 0 Å². The fourth-order valence-electron chi connectivity index (χ4n) is 2.74. The van der Waals surface area contributed by atoms with E-state index in [2.05, 4.69) is 9.97 Å². The molecule has 0 spiro atoms. The van der Waals surface area contributed by atoms with Gasteiger partial charge in [0.1, 0.15) is 0 Å². The SMILES string of the molecule is O=C(/C=C/c1ccccc1)N1CCC(c2cnc[nH]2)CC1. The number of rotatable bonds is 3. The van der Waals surface area contributed by atoms with E-state index in [4.69, 9.17) is 0 Å². The first-order valence-corrected chi connectivity index (χ1v) is 7.33. The number of nitrogens with one attached hydrogen (secondary N) is 1. The molecule has 21 heavy (non-hydrogen) atoms. The van der Waals surface area contributed by atoms with Crippen LogP contribution in [-0.4, -0.2) is 33.9 Å². The van der Waals surface area contributed by atoms with Gasteiger partial charge in [-0.15, -0.1) is 0 Å². The average Bonchev–Trinajstić information content (AvgIpc) is 3.08. The first kappa shape index (κ1) is 13.6. The zero-order valence-corrected chi connectivity index (χ0v) is 11.9. The van der Waals surface area contributed by atoms with Gasteiger partial charge in [-0.3, -0.25) is 4.79 Å². The largest absolute Gasteiger partial charge is 0.348 e. The van der Waals surface area contributed by atoms with E-state index in [0.29, 0.717) is 5.92 Å². The summed E-state index contributed by atoms with van der Waals surface area (Å²) in [6, 6.07) is 9.90. The molecule has 1 amide bonds. The van der Waals surface area contributed by atoms with Crippen molar-refractivity contribution in [3.05, 3.63) is 60.2 Å². The molecule has 108 valence electrons. The highest BCUT2D eigenvalue weighted by atomic mass is 16.2. The zero-order valence-electron chi connectivity index (χ0n) is 11.9. The Kier molecular flexibility index (Phi) is 4.15. The third-order valence-electron chi connectivity index (χ3n) is 3.98. The van der Waals surface area contributed by atoms with Crippen molar-refractivity contribution in [2.75, 3.05) is 13.1 Å². The van der Waals surface area contributed by atoms with Crippen LogP contribution in [0.15, 0.2) is 48.9 Å². The molecular formula is C17H19N3O. The molecule has 1 aromatic heterocycles. The Bertz CT molecular complexity index is 596. The Morgan fingerprint density at radius 1 is 1.24 bits per heavy atom. The molecule has 1 aromatic carbocycles. The van der Waals surface area contributed by atoms with E-state index in [1.165, 1.54) is 5.69 Å². The first-order valence-electron chi connectivity index (χ1n) is 7.33. The third-order valence-corrected chi connectivity index (χ3v) is 3.98. The zero-order chi connectivity index (χ0) is 14.5. The number of hydrogen-bond acceptors (Lipinski definition) is 2. The molecule has 0 saturated carbocycles. The summed E-state index contributed by atoms with van der Waals surface area (Å²) in [7, 11) is 0. The van der Waals surface area contributed by atoms with Gasteiger partial charge in [0, 0.05) is 37.0 Å². The summed E-state index contributed by atoms with van der Waals surface area (Å²) in [6.07, 6.45) is 9.14. The molecule has 2 aromatic rings. The van der Waals surface area contributed by atoms with Gasteiger partial charge in [0.25, 0.3) is 0 Å². The first-order chi connectivity index (χ1) is 10.3. The van der Waals surface area contributed by atoms with Gasteiger partial charge in [-0.25, -0.2) is 4.98 Å². The number of H-pyrrole nitrogens is 1. The van der Waals surface area contributed by atoms with Crippen molar-refractivity contribution in [3.63, 3.8) is 0 Å². The highest BCUT2D eigenvalue weighted by Crippen LogP contribution is 2.26. The number of piperidine rings is 1. The molecular weight excluding hydrogens is 262 g/mol. The van der Waals surface area contributed by atoms with Gasteiger partial charge in [0.15, 0.2) is 0 Å². The maximum absolute atomic E-state index is 12.2. The van der Waals surface area contributed by atoms with Crippen LogP contribution in [0.1, 0.15) is 30.0 Å². The second-order valence-corrected chi connectivity index (χ2v) is 5.35. The standard InChI is InChI=1S/C17H19N3O/c21-17(7-6-14-4-2-1-3-5-14)20-10-8-15(9-11-20)16-12-18-13-19-16/h1-7,12-13,15H,8-11H2,(H,18,19)/b7-6+. The van der Waals surface area contributed by atoms with Crippen molar-refractivity contribution >= 4 is 12.0 Å². The van der Waals surface area contributed by atoms with Gasteiger partial charge in [0.05, 0.1) is 6.33 Å². The Labute approximate surface area is 124 Å². The Hall–Kier alpha value is -2.36. The van der Waals surface area contributed by atoms with Crippen molar-refractivity contribution in [2.45, 2.75) is 18.8 Å². The minimum Gasteiger partial charge on any atom is -0.348 e. The number of aromatic amines is 1. The summed E-state index contributed by atoms with van der Waals surface area (Å²) in [5.74, 6) is 0.594. The van der Waals surface area contributed by atoms with Crippen molar-refractivity contribution in [1.82, 2.24) is 14.9 Å². The predicted octanol–water partition coefficient (Wildman–Crippen LogP) is 2.83. The Morgan fingerprint density at radius 3 is 2.67 bits per heavy atom. The van der Waals surface area contributed by atoms with Crippen LogP contribution >= 0.6 is 0 Å². The lowest BCUT2D eigenvalue weighted by Gasteiger charge is -2.30. The molecule has 1 aliphatic rings. The van der Waals surface area contributed by atoms with Gasteiger partial charge >= 0.3 is 0 Å². The van der Waals surface area contributed by atoms with Crippen LogP contribution in [0, 0.1) is 0 Å². The molecule has 1 saturated heterocycles. The smallest absolute Gasteiger partial charge is 0.246 e. The lowest BCUT2D eigenvalue weighted by atomic mass is 9.94. The average molecular weight is 281 g/mol. The Morgan fingerprint density at radius 2 is 2.00 bits per heavy atom. The minimum absolute atomic E-state index is 0.0990. The van der Waals surface area contributed by atoms with Crippen LogP contribution in [0.4, 0.5) is 0 Å². The van der Waals surface area contributed by atoms with E-state index in [1.807, 2.05) is 47.5 Å². The third kappa shape index (κ3) is 3.40. The monoisotopic (exact) mass is 281 g/mol. The van der Waals surface area contributed by atoms with Gasteiger partial charge in [-0.1, -0.05) is 30.3 Å². The molecule has 4 heteroatoms. The second kappa shape index (κ2) is 6.39. The number of amides is 1. The highest BCUT2D eigenvalue weighted by molar-refractivity contribution is 5.91. The number of imidazole rings is 1. The minimum atomic E-state index is 0.0990. The number of carbonyl (C=O) groups is 1. The summed E-state index contributed by atoms with van der Waals surface area (Å²) in [6.45, 7) is 1.61. The summed E-state index contributed by atoms with van der Waals surface area (Å²) in [4.78, 5) is 21.3. The summed E-state index contributed by atoms with van der Waals surface area (Å²) in [5, 5.41) is 0. The van der Waals surface area contributed by atoms with E-state index in [1.54, 1.807) is 12.4 Å². The maximum Gasteiger partial charge on any atom is 0.246 e. The van der Waals surface area contributed by atoms with Gasteiger partial charge in [-0.2, -0.15) is 0 Å². The quantitative estimate of drug-likeness (QED) is 0.879. The van der Waals surface area contributed by atoms with Crippen LogP contribution in [-0.2, 0) is 4.79 Å². The van der Waals surface area contributed by atoms with Crippen LogP contribution in [0.3, 0.4) is 0 Å². The number of hydrogen-bond donors (Lipinski definition) is 1. The molecule has 1 fully saturated rings. The van der Waals surface area contributed by atoms with Crippen molar-refractivity contribution in [3.8, 4) is 0 Å². The molecule has 0 atom stereocenters. The van der Waals surface area contributed by atoms with E-state index < -0.39 is 0 Å². The molecule has 1 N–H and O–H groups in total. The molecule has 0 bridgehead atoms. The number of likely N-dealkylation sites (tertiary alicyclic amines) is 1. The summed E-state index contributed by atoms with van der Waals surface area (Å²) in [5.41, 5.74) is 2.24. The molecule has 4 nitrogen and oxygen atoms in total. The number of carbonyl (C=O) groups excluding carboxylic acids is 1. The van der Waals surface area contributed by atoms with Crippen LogP contribution in [0.5, 0.6) is 0 Å². The van der Waals surface area contributed by atoms with Gasteiger partial charge in [0.2, 0.25) is 5.91 Å².